The second kappa shape index (κ2) is 18.6. The van der Waals surface area contributed by atoms with Crippen molar-refractivity contribution < 1.29 is 27.5 Å². The van der Waals surface area contributed by atoms with Gasteiger partial charge in [-0.15, -0.1) is 10.2 Å². The Hall–Kier alpha value is -4.86. The number of hydrogen-bond donors (Lipinski definition) is 1. The van der Waals surface area contributed by atoms with Crippen LogP contribution in [0.2, 0.25) is 0 Å². The first-order valence-electron chi connectivity index (χ1n) is 19.2. The number of likely N-dealkylation sites (N-methyl/N-ethyl adjacent to an activating group) is 1. The lowest BCUT2D eigenvalue weighted by Crippen LogP contribution is -2.45. The minimum absolute atomic E-state index is 0.218. The Morgan fingerprint density at radius 3 is 2.09 bits per heavy atom. The van der Waals surface area contributed by atoms with Gasteiger partial charge in [-0.05, 0) is 85.3 Å². The van der Waals surface area contributed by atoms with Gasteiger partial charge in [-0.25, -0.2) is 4.39 Å². The predicted molar refractivity (Wildman–Crippen MR) is 212 cm³/mol. The third-order valence-electron chi connectivity index (χ3n) is 10.6. The first-order chi connectivity index (χ1) is 27.4. The van der Waals surface area contributed by atoms with E-state index in [1.54, 1.807) is 12.1 Å². The predicted octanol–water partition coefficient (Wildman–Crippen LogP) is 7.54. The summed E-state index contributed by atoms with van der Waals surface area (Å²) in [6.07, 6.45) is -1.89. The average Bonchev–Trinajstić information content (AvgIpc) is 3.84. The van der Waals surface area contributed by atoms with Crippen LogP contribution in [0.3, 0.4) is 0 Å². The molecule has 0 aliphatic heterocycles. The summed E-state index contributed by atoms with van der Waals surface area (Å²) in [5.74, 6) is 0.374. The Bertz CT molecular complexity index is 2190. The fourth-order valence-corrected chi connectivity index (χ4v) is 8.25. The molecule has 10 nitrogen and oxygen atoms in total. The number of carboxylic acids is 1. The fourth-order valence-electron chi connectivity index (χ4n) is 7.28. The SMILES string of the molecule is CCC(C(=O)O)N(CCN(CC)CC)Cc1nnc(Cn2c(SCc3ccc(F)cc3)nc(=O)c3c2CCC3)n1Cc1ccc(-c2ccc(C(F)(F)F)cc2)cc1. The van der Waals surface area contributed by atoms with E-state index < -0.39 is 23.8 Å². The quantitative estimate of drug-likeness (QED) is 0.0546. The summed E-state index contributed by atoms with van der Waals surface area (Å²) in [4.78, 5) is 34.4. The number of carbonyl (C=O) groups is 1. The highest BCUT2D eigenvalue weighted by Gasteiger charge is 2.30. The molecule has 0 radical (unpaired) electrons. The van der Waals surface area contributed by atoms with Gasteiger partial charge in [0.1, 0.15) is 17.7 Å². The van der Waals surface area contributed by atoms with E-state index in [4.69, 9.17) is 0 Å². The van der Waals surface area contributed by atoms with Crippen LogP contribution >= 0.6 is 11.8 Å². The van der Waals surface area contributed by atoms with E-state index >= 15 is 0 Å². The highest BCUT2D eigenvalue weighted by molar-refractivity contribution is 7.98. The van der Waals surface area contributed by atoms with Crippen molar-refractivity contribution in [2.75, 3.05) is 26.2 Å². The van der Waals surface area contributed by atoms with Crippen molar-refractivity contribution in [3.63, 3.8) is 0 Å². The van der Waals surface area contributed by atoms with Crippen molar-refractivity contribution in [2.45, 2.75) is 89.2 Å². The zero-order valence-corrected chi connectivity index (χ0v) is 33.1. The summed E-state index contributed by atoms with van der Waals surface area (Å²) in [5, 5.41) is 20.1. The van der Waals surface area contributed by atoms with Crippen molar-refractivity contribution >= 4 is 17.7 Å². The molecule has 3 aromatic carbocycles. The second-order valence-electron chi connectivity index (χ2n) is 14.1. The largest absolute Gasteiger partial charge is 0.480 e. The number of halogens is 4. The van der Waals surface area contributed by atoms with Crippen molar-refractivity contribution in [3.05, 3.63) is 129 Å². The molecule has 0 spiro atoms. The van der Waals surface area contributed by atoms with Gasteiger partial charge >= 0.3 is 12.1 Å². The van der Waals surface area contributed by atoms with Crippen LogP contribution in [0.15, 0.2) is 82.7 Å². The van der Waals surface area contributed by atoms with E-state index in [2.05, 4.69) is 33.9 Å². The molecule has 302 valence electrons. The number of fused-ring (bicyclic) bond motifs is 1. The summed E-state index contributed by atoms with van der Waals surface area (Å²) < 4.78 is 57.3. The highest BCUT2D eigenvalue weighted by Crippen LogP contribution is 2.32. The minimum Gasteiger partial charge on any atom is -0.480 e. The lowest BCUT2D eigenvalue weighted by atomic mass is 10.0. The summed E-state index contributed by atoms with van der Waals surface area (Å²) in [7, 11) is 0. The highest BCUT2D eigenvalue weighted by atomic mass is 32.2. The maximum Gasteiger partial charge on any atom is 0.416 e. The molecule has 2 aromatic heterocycles. The molecule has 5 aromatic rings. The molecule has 1 aliphatic rings. The first kappa shape index (κ1) is 41.8. The average molecular weight is 806 g/mol. The third kappa shape index (κ3) is 10.2. The van der Waals surface area contributed by atoms with Crippen LogP contribution in [0.4, 0.5) is 17.6 Å². The fraction of sp³-hybridized carbons (Fsp3) is 0.405. The molecule has 1 atom stereocenters. The number of carboxylic acid groups (broad SMARTS) is 1. The summed E-state index contributed by atoms with van der Waals surface area (Å²) in [5.41, 5.74) is 3.77. The van der Waals surface area contributed by atoms with Crippen LogP contribution in [-0.4, -0.2) is 77.4 Å². The van der Waals surface area contributed by atoms with Crippen molar-refractivity contribution in [1.82, 2.24) is 34.1 Å². The lowest BCUT2D eigenvalue weighted by molar-refractivity contribution is -0.144. The summed E-state index contributed by atoms with van der Waals surface area (Å²) >= 11 is 1.39. The number of rotatable bonds is 18. The molecule has 6 rings (SSSR count). The Labute approximate surface area is 333 Å². The number of alkyl halides is 3. The van der Waals surface area contributed by atoms with E-state index in [1.165, 1.54) is 36.0 Å². The third-order valence-corrected chi connectivity index (χ3v) is 11.6. The molecule has 1 N–H and O–H groups in total. The second-order valence-corrected chi connectivity index (χ2v) is 15.1. The Morgan fingerprint density at radius 1 is 0.842 bits per heavy atom. The Balaban J connectivity index is 1.37. The van der Waals surface area contributed by atoms with E-state index in [0.29, 0.717) is 72.6 Å². The number of aromatic nitrogens is 5. The lowest BCUT2D eigenvalue weighted by Gasteiger charge is -2.30. The maximum absolute atomic E-state index is 13.6. The molecular formula is C42H47F4N7O3S. The normalized spacial score (nSPS) is 13.4. The molecule has 57 heavy (non-hydrogen) atoms. The molecule has 2 heterocycles. The van der Waals surface area contributed by atoms with Crippen LogP contribution in [0.25, 0.3) is 11.1 Å². The molecule has 1 aliphatic carbocycles. The number of thioether (sulfide) groups is 1. The zero-order valence-electron chi connectivity index (χ0n) is 32.3. The van der Waals surface area contributed by atoms with E-state index in [-0.39, 0.29) is 24.5 Å². The minimum atomic E-state index is -4.42. The van der Waals surface area contributed by atoms with Crippen molar-refractivity contribution in [1.29, 1.82) is 0 Å². The molecule has 0 bridgehead atoms. The number of nitrogens with zero attached hydrogens (tertiary/aromatic N) is 7. The summed E-state index contributed by atoms with van der Waals surface area (Å²) in [6.45, 7) is 9.62. The van der Waals surface area contributed by atoms with Gasteiger partial charge in [0.2, 0.25) is 0 Å². The summed E-state index contributed by atoms with van der Waals surface area (Å²) in [6, 6.07) is 18.0. The molecule has 0 saturated carbocycles. The van der Waals surface area contributed by atoms with Crippen LogP contribution in [0.5, 0.6) is 0 Å². The maximum atomic E-state index is 13.6. The van der Waals surface area contributed by atoms with Crippen molar-refractivity contribution in [2.24, 2.45) is 0 Å². The number of benzene rings is 3. The van der Waals surface area contributed by atoms with Crippen LogP contribution in [0.1, 0.15) is 73.2 Å². The Morgan fingerprint density at radius 2 is 1.47 bits per heavy atom. The van der Waals surface area contributed by atoms with Gasteiger partial charge in [0.15, 0.2) is 11.0 Å². The van der Waals surface area contributed by atoms with E-state index in [0.717, 1.165) is 54.0 Å². The topological polar surface area (TPSA) is 109 Å². The zero-order chi connectivity index (χ0) is 40.7. The van der Waals surface area contributed by atoms with Crippen LogP contribution < -0.4 is 5.56 Å². The molecule has 0 saturated heterocycles. The van der Waals surface area contributed by atoms with Crippen LogP contribution in [0, 0.1) is 5.82 Å². The monoisotopic (exact) mass is 805 g/mol. The van der Waals surface area contributed by atoms with Gasteiger partial charge in [0.05, 0.1) is 25.2 Å². The molecule has 15 heteroatoms. The van der Waals surface area contributed by atoms with E-state index in [9.17, 15) is 32.3 Å². The molecule has 0 amide bonds. The van der Waals surface area contributed by atoms with Crippen molar-refractivity contribution in [3.8, 4) is 11.1 Å². The van der Waals surface area contributed by atoms with Gasteiger partial charge in [-0.2, -0.15) is 18.2 Å². The number of aliphatic carboxylic acids is 1. The Kier molecular flexibility index (Phi) is 13.6. The molecule has 0 fully saturated rings. The standard InChI is InChI=1S/C42H47F4N7O3S/c1-4-35(40(55)56)51(23-22-50(5-2)6-3)25-37-48-49-38(53(37)24-28-10-14-30(15-11-28)31-16-18-32(19-17-31)42(44,45)46)26-52-36-9-7-8-34(36)39(54)47-41(52)57-27-29-12-20-33(43)21-13-29/h10-21,35H,4-9,22-27H2,1-3H3,(H,55,56). The van der Waals surface area contributed by atoms with Gasteiger partial charge in [-0.3, -0.25) is 14.5 Å². The van der Waals surface area contributed by atoms with Gasteiger partial charge in [0.25, 0.3) is 5.56 Å². The smallest absolute Gasteiger partial charge is 0.416 e. The van der Waals surface area contributed by atoms with Gasteiger partial charge in [0, 0.05) is 30.1 Å². The molecule has 1 unspecified atom stereocenters. The van der Waals surface area contributed by atoms with Gasteiger partial charge in [-0.1, -0.05) is 81.1 Å². The number of hydrogen-bond acceptors (Lipinski definition) is 8. The first-order valence-corrected chi connectivity index (χ1v) is 20.2. The van der Waals surface area contributed by atoms with Gasteiger partial charge < -0.3 is 19.1 Å². The van der Waals surface area contributed by atoms with Crippen LogP contribution in [-0.2, 0) is 49.2 Å². The van der Waals surface area contributed by atoms with E-state index in [1.807, 2.05) is 45.2 Å². The molecular weight excluding hydrogens is 759 g/mol.